The van der Waals surface area contributed by atoms with Crippen molar-refractivity contribution in [1.82, 2.24) is 0 Å². The minimum absolute atomic E-state index is 0.0656. The van der Waals surface area contributed by atoms with Gasteiger partial charge in [-0.15, -0.1) is 0 Å². The first-order valence-corrected chi connectivity index (χ1v) is 11.2. The van der Waals surface area contributed by atoms with E-state index in [0.717, 1.165) is 16.3 Å². The molecule has 0 saturated carbocycles. The maximum absolute atomic E-state index is 13.4. The maximum atomic E-state index is 13.4. The number of hydrogen-bond donors (Lipinski definition) is 0. The first kappa shape index (κ1) is 22.4. The molecular formula is C27H18Cl3NO. The lowest BCUT2D eigenvalue weighted by atomic mass is 9.78. The Hall–Kier alpha value is -2.83. The van der Waals surface area contributed by atoms with Gasteiger partial charge in [0.15, 0.2) is 5.78 Å². The third-order valence-electron chi connectivity index (χ3n) is 5.61. The SMILES string of the molecule is N#C[C@@H](c1c(Cl)cccc1Cl)[C@H](CC(=O)c1ccc2ccccc2c1)c1cccc(Cl)c1. The van der Waals surface area contributed by atoms with Crippen LogP contribution in [0.25, 0.3) is 10.8 Å². The molecule has 0 aromatic heterocycles. The fraction of sp³-hybridized carbons (Fsp3) is 0.111. The van der Waals surface area contributed by atoms with E-state index in [0.29, 0.717) is 26.2 Å². The molecule has 0 amide bonds. The Bertz CT molecular complexity index is 1320. The molecule has 0 N–H and O–H groups in total. The van der Waals surface area contributed by atoms with Gasteiger partial charge in [-0.1, -0.05) is 89.4 Å². The summed E-state index contributed by atoms with van der Waals surface area (Å²) in [7, 11) is 0. The Morgan fingerprint density at radius 1 is 0.812 bits per heavy atom. The predicted molar refractivity (Wildman–Crippen MR) is 132 cm³/mol. The summed E-state index contributed by atoms with van der Waals surface area (Å²) in [4.78, 5) is 13.4. The average molecular weight is 479 g/mol. The highest BCUT2D eigenvalue weighted by Crippen LogP contribution is 2.42. The summed E-state index contributed by atoms with van der Waals surface area (Å²) in [5, 5.41) is 13.5. The Labute approximate surface area is 202 Å². The van der Waals surface area contributed by atoms with Crippen molar-refractivity contribution in [2.24, 2.45) is 0 Å². The standard InChI is InChI=1S/C27H18Cl3NO/c28-21-8-3-7-19(14-21)22(23(16-31)27-24(29)9-4-10-25(27)30)15-26(32)20-12-11-17-5-1-2-6-18(17)13-20/h1-14,22-23H,15H2/t22-,23-/m1/s1. The van der Waals surface area contributed by atoms with E-state index >= 15 is 0 Å². The molecule has 4 rings (SSSR count). The summed E-state index contributed by atoms with van der Waals surface area (Å²) >= 11 is 19.1. The molecule has 0 heterocycles. The third kappa shape index (κ3) is 4.66. The molecule has 32 heavy (non-hydrogen) atoms. The summed E-state index contributed by atoms with van der Waals surface area (Å²) in [6.07, 6.45) is 0.110. The normalized spacial score (nSPS) is 12.8. The summed E-state index contributed by atoms with van der Waals surface area (Å²) in [5.41, 5.74) is 1.90. The van der Waals surface area contributed by atoms with Crippen LogP contribution in [-0.2, 0) is 0 Å². The lowest BCUT2D eigenvalue weighted by molar-refractivity contribution is 0.0972. The molecule has 0 bridgehead atoms. The molecule has 0 fully saturated rings. The van der Waals surface area contributed by atoms with Crippen molar-refractivity contribution in [3.63, 3.8) is 0 Å². The van der Waals surface area contributed by atoms with Crippen LogP contribution in [0.2, 0.25) is 15.1 Å². The van der Waals surface area contributed by atoms with Crippen molar-refractivity contribution in [1.29, 1.82) is 5.26 Å². The van der Waals surface area contributed by atoms with E-state index in [2.05, 4.69) is 6.07 Å². The highest BCUT2D eigenvalue weighted by Gasteiger charge is 2.31. The van der Waals surface area contributed by atoms with Crippen molar-refractivity contribution in [3.8, 4) is 6.07 Å². The number of carbonyl (C=O) groups is 1. The molecule has 2 atom stereocenters. The van der Waals surface area contributed by atoms with Crippen LogP contribution >= 0.6 is 34.8 Å². The highest BCUT2D eigenvalue weighted by molar-refractivity contribution is 6.36. The molecule has 0 spiro atoms. The summed E-state index contributed by atoms with van der Waals surface area (Å²) < 4.78 is 0. The van der Waals surface area contributed by atoms with Gasteiger partial charge in [0, 0.05) is 38.5 Å². The van der Waals surface area contributed by atoms with Gasteiger partial charge in [-0.2, -0.15) is 5.26 Å². The van der Waals surface area contributed by atoms with Crippen LogP contribution in [-0.4, -0.2) is 5.78 Å². The quantitative estimate of drug-likeness (QED) is 0.261. The number of rotatable bonds is 6. The number of carbonyl (C=O) groups excluding carboxylic acids is 1. The Morgan fingerprint density at radius 3 is 2.19 bits per heavy atom. The minimum Gasteiger partial charge on any atom is -0.294 e. The topological polar surface area (TPSA) is 40.9 Å². The monoisotopic (exact) mass is 477 g/mol. The van der Waals surface area contributed by atoms with E-state index in [1.807, 2.05) is 54.6 Å². The molecule has 0 aliphatic rings. The van der Waals surface area contributed by atoms with E-state index in [4.69, 9.17) is 34.8 Å². The second-order valence-electron chi connectivity index (χ2n) is 7.59. The van der Waals surface area contributed by atoms with Gasteiger partial charge in [-0.3, -0.25) is 4.79 Å². The molecule has 158 valence electrons. The van der Waals surface area contributed by atoms with E-state index in [9.17, 15) is 10.1 Å². The van der Waals surface area contributed by atoms with Crippen LogP contribution in [0.3, 0.4) is 0 Å². The first-order chi connectivity index (χ1) is 15.5. The lowest BCUT2D eigenvalue weighted by Gasteiger charge is -2.24. The van der Waals surface area contributed by atoms with Gasteiger partial charge in [-0.05, 0) is 46.7 Å². The molecule has 4 aromatic rings. The van der Waals surface area contributed by atoms with Gasteiger partial charge in [0.05, 0.1) is 12.0 Å². The van der Waals surface area contributed by atoms with Crippen LogP contribution in [0.1, 0.15) is 39.7 Å². The minimum atomic E-state index is -0.723. The van der Waals surface area contributed by atoms with Crippen LogP contribution in [0.5, 0.6) is 0 Å². The van der Waals surface area contributed by atoms with Crippen molar-refractivity contribution < 1.29 is 4.79 Å². The summed E-state index contributed by atoms with van der Waals surface area (Å²) in [5.74, 6) is -1.27. The Kier molecular flexibility index (Phi) is 6.82. The molecule has 0 radical (unpaired) electrons. The van der Waals surface area contributed by atoms with Crippen molar-refractivity contribution in [2.75, 3.05) is 0 Å². The van der Waals surface area contributed by atoms with Crippen LogP contribution in [0, 0.1) is 11.3 Å². The number of hydrogen-bond acceptors (Lipinski definition) is 2. The number of Topliss-reactive ketones (excluding diaryl/α,β-unsaturated/α-hetero) is 1. The average Bonchev–Trinajstić information content (AvgIpc) is 2.80. The number of nitrogens with zero attached hydrogens (tertiary/aromatic N) is 1. The lowest BCUT2D eigenvalue weighted by Crippen LogP contribution is -2.16. The van der Waals surface area contributed by atoms with Crippen LogP contribution in [0.4, 0.5) is 0 Å². The second kappa shape index (κ2) is 9.76. The first-order valence-electron chi connectivity index (χ1n) is 10.1. The highest BCUT2D eigenvalue weighted by atomic mass is 35.5. The molecule has 0 saturated heterocycles. The number of ketones is 1. The van der Waals surface area contributed by atoms with Gasteiger partial charge < -0.3 is 0 Å². The van der Waals surface area contributed by atoms with Crippen molar-refractivity contribution >= 4 is 51.4 Å². The van der Waals surface area contributed by atoms with E-state index in [1.165, 1.54) is 0 Å². The van der Waals surface area contributed by atoms with Crippen molar-refractivity contribution in [3.05, 3.63) is 117 Å². The number of benzene rings is 4. The zero-order chi connectivity index (χ0) is 22.7. The Balaban J connectivity index is 1.77. The van der Waals surface area contributed by atoms with Crippen molar-refractivity contribution in [2.45, 2.75) is 18.3 Å². The van der Waals surface area contributed by atoms with Gasteiger partial charge in [0.1, 0.15) is 0 Å². The Morgan fingerprint density at radius 2 is 1.50 bits per heavy atom. The number of halogens is 3. The predicted octanol–water partition coefficient (Wildman–Crippen LogP) is 8.46. The zero-order valence-electron chi connectivity index (χ0n) is 16.9. The second-order valence-corrected chi connectivity index (χ2v) is 8.84. The van der Waals surface area contributed by atoms with Crippen LogP contribution < -0.4 is 0 Å². The van der Waals surface area contributed by atoms with Gasteiger partial charge in [0.25, 0.3) is 0 Å². The molecule has 4 aromatic carbocycles. The maximum Gasteiger partial charge on any atom is 0.163 e. The fourth-order valence-electron chi connectivity index (χ4n) is 4.01. The van der Waals surface area contributed by atoms with E-state index < -0.39 is 11.8 Å². The number of nitriles is 1. The van der Waals surface area contributed by atoms with Crippen LogP contribution in [0.15, 0.2) is 84.9 Å². The zero-order valence-corrected chi connectivity index (χ0v) is 19.2. The van der Waals surface area contributed by atoms with E-state index in [1.54, 1.807) is 30.3 Å². The smallest absolute Gasteiger partial charge is 0.163 e. The number of fused-ring (bicyclic) bond motifs is 1. The largest absolute Gasteiger partial charge is 0.294 e. The summed E-state index contributed by atoms with van der Waals surface area (Å²) in [6, 6.07) is 28.2. The van der Waals surface area contributed by atoms with Gasteiger partial charge in [0.2, 0.25) is 0 Å². The molecule has 2 nitrogen and oxygen atoms in total. The molecule has 0 aliphatic carbocycles. The summed E-state index contributed by atoms with van der Waals surface area (Å²) in [6.45, 7) is 0. The third-order valence-corrected chi connectivity index (χ3v) is 6.50. The van der Waals surface area contributed by atoms with Gasteiger partial charge in [-0.25, -0.2) is 0 Å². The molecule has 5 heteroatoms. The fourth-order valence-corrected chi connectivity index (χ4v) is 4.84. The molecule has 0 aliphatic heterocycles. The molecular weight excluding hydrogens is 461 g/mol. The molecule has 0 unspecified atom stereocenters. The van der Waals surface area contributed by atoms with Gasteiger partial charge >= 0.3 is 0 Å². The van der Waals surface area contributed by atoms with E-state index in [-0.39, 0.29) is 12.2 Å².